The van der Waals surface area contributed by atoms with Gasteiger partial charge in [0.1, 0.15) is 0 Å². The average molecular weight is 415 g/mol. The largest absolute Gasteiger partial charge is 0.417 e. The number of likely N-dealkylation sites (N-methyl/N-ethyl adjacent to an activating group) is 1. The van der Waals surface area contributed by atoms with Crippen molar-refractivity contribution < 1.29 is 13.2 Å². The normalized spacial score (nSPS) is 22.0. The minimum Gasteiger partial charge on any atom is -0.301 e. The summed E-state index contributed by atoms with van der Waals surface area (Å²) in [5.74, 6) is 0. The number of hydrogen-bond acceptors (Lipinski definition) is 2. The first-order valence-electron chi connectivity index (χ1n) is 10.1. The third kappa shape index (κ3) is 5.11. The number of hydrogen-bond donors (Lipinski definition) is 0. The minimum absolute atomic E-state index is 0.00223. The standard InChI is InChI=1S/C22H30ClF3N2/c1-4-27-9-11-28(12-10-27)15-16-7-8-21(2,3)14-19(16)18-6-5-17(23)13-20(18)22(24,25)26/h5-6,13H,4,7-12,14-15H2,1-3H3. The van der Waals surface area contributed by atoms with E-state index in [1.807, 2.05) is 0 Å². The van der Waals surface area contributed by atoms with E-state index in [1.165, 1.54) is 0 Å². The number of alkyl halides is 3. The Kier molecular flexibility index (Phi) is 6.48. The number of rotatable bonds is 4. The summed E-state index contributed by atoms with van der Waals surface area (Å²) in [5.41, 5.74) is 1.74. The van der Waals surface area contributed by atoms with Crippen LogP contribution < -0.4 is 0 Å². The van der Waals surface area contributed by atoms with Gasteiger partial charge in [0.05, 0.1) is 5.56 Å². The van der Waals surface area contributed by atoms with Crippen LogP contribution in [0.4, 0.5) is 13.2 Å². The lowest BCUT2D eigenvalue weighted by Crippen LogP contribution is -2.46. The fraction of sp³-hybridized carbons (Fsp3) is 0.636. The Hall–Kier alpha value is -1.04. The Morgan fingerprint density at radius 1 is 1.07 bits per heavy atom. The number of piperazine rings is 1. The summed E-state index contributed by atoms with van der Waals surface area (Å²) in [6.07, 6.45) is -1.87. The van der Waals surface area contributed by atoms with Crippen LogP contribution >= 0.6 is 11.6 Å². The van der Waals surface area contributed by atoms with Crippen molar-refractivity contribution in [3.05, 3.63) is 39.9 Å². The molecule has 1 aliphatic carbocycles. The maximum absolute atomic E-state index is 13.7. The van der Waals surface area contributed by atoms with Gasteiger partial charge < -0.3 is 4.90 Å². The summed E-state index contributed by atoms with van der Waals surface area (Å²) < 4.78 is 41.2. The van der Waals surface area contributed by atoms with Crippen molar-refractivity contribution in [1.29, 1.82) is 0 Å². The highest BCUT2D eigenvalue weighted by molar-refractivity contribution is 6.30. The number of benzene rings is 1. The second-order valence-electron chi connectivity index (χ2n) is 8.82. The van der Waals surface area contributed by atoms with Crippen LogP contribution in [0.1, 0.15) is 51.2 Å². The van der Waals surface area contributed by atoms with Crippen LogP contribution in [-0.4, -0.2) is 49.1 Å². The zero-order valence-electron chi connectivity index (χ0n) is 17.0. The van der Waals surface area contributed by atoms with Crippen LogP contribution in [0, 0.1) is 5.41 Å². The molecule has 1 aromatic carbocycles. The van der Waals surface area contributed by atoms with E-state index in [0.29, 0.717) is 12.0 Å². The molecule has 0 N–H and O–H groups in total. The van der Waals surface area contributed by atoms with Gasteiger partial charge in [-0.05, 0) is 54.5 Å². The van der Waals surface area contributed by atoms with Crippen LogP contribution in [0.2, 0.25) is 5.02 Å². The molecule has 1 aliphatic heterocycles. The maximum atomic E-state index is 13.7. The van der Waals surface area contributed by atoms with E-state index in [0.717, 1.165) is 69.3 Å². The highest BCUT2D eigenvalue weighted by Crippen LogP contribution is 2.46. The molecule has 3 rings (SSSR count). The summed E-state index contributed by atoms with van der Waals surface area (Å²) >= 11 is 5.91. The molecule has 1 fully saturated rings. The number of nitrogens with zero attached hydrogens (tertiary/aromatic N) is 2. The average Bonchev–Trinajstić information content (AvgIpc) is 2.63. The summed E-state index contributed by atoms with van der Waals surface area (Å²) in [4.78, 5) is 4.81. The zero-order valence-corrected chi connectivity index (χ0v) is 17.8. The SMILES string of the molecule is CCN1CCN(CC2=C(c3ccc(Cl)cc3C(F)(F)F)CC(C)(C)CC2)CC1. The molecule has 1 saturated heterocycles. The van der Waals surface area contributed by atoms with Gasteiger partial charge in [0.25, 0.3) is 0 Å². The van der Waals surface area contributed by atoms with Crippen molar-refractivity contribution >= 4 is 17.2 Å². The van der Waals surface area contributed by atoms with Crippen LogP contribution in [-0.2, 0) is 6.18 Å². The van der Waals surface area contributed by atoms with Gasteiger partial charge in [-0.15, -0.1) is 0 Å². The number of allylic oxidation sites excluding steroid dienone is 1. The molecule has 2 aliphatic rings. The Labute approximate surface area is 171 Å². The van der Waals surface area contributed by atoms with Crippen molar-refractivity contribution in [2.45, 2.75) is 46.2 Å². The molecule has 0 saturated carbocycles. The predicted molar refractivity (Wildman–Crippen MR) is 110 cm³/mol. The maximum Gasteiger partial charge on any atom is 0.417 e. The Balaban J connectivity index is 1.96. The molecule has 156 valence electrons. The smallest absolute Gasteiger partial charge is 0.301 e. The van der Waals surface area contributed by atoms with Crippen LogP contribution in [0.25, 0.3) is 5.57 Å². The molecule has 6 heteroatoms. The molecule has 0 aromatic heterocycles. The van der Waals surface area contributed by atoms with E-state index < -0.39 is 11.7 Å². The van der Waals surface area contributed by atoms with Gasteiger partial charge in [-0.1, -0.05) is 44.0 Å². The Morgan fingerprint density at radius 3 is 2.32 bits per heavy atom. The van der Waals surface area contributed by atoms with Crippen molar-refractivity contribution in [2.75, 3.05) is 39.3 Å². The van der Waals surface area contributed by atoms with E-state index in [9.17, 15) is 13.2 Å². The van der Waals surface area contributed by atoms with Gasteiger partial charge in [-0.25, -0.2) is 0 Å². The van der Waals surface area contributed by atoms with E-state index in [2.05, 4.69) is 30.6 Å². The van der Waals surface area contributed by atoms with Crippen molar-refractivity contribution in [3.63, 3.8) is 0 Å². The highest BCUT2D eigenvalue weighted by atomic mass is 35.5. The second-order valence-corrected chi connectivity index (χ2v) is 9.26. The van der Waals surface area contributed by atoms with Crippen LogP contribution in [0.5, 0.6) is 0 Å². The summed E-state index contributed by atoms with van der Waals surface area (Å²) in [6, 6.07) is 4.22. The lowest BCUT2D eigenvalue weighted by molar-refractivity contribution is -0.137. The fourth-order valence-electron chi connectivity index (χ4n) is 4.34. The summed E-state index contributed by atoms with van der Waals surface area (Å²) in [5, 5.41) is 0.129. The van der Waals surface area contributed by atoms with Gasteiger partial charge in [-0.2, -0.15) is 13.2 Å². The van der Waals surface area contributed by atoms with Gasteiger partial charge in [0.2, 0.25) is 0 Å². The van der Waals surface area contributed by atoms with E-state index >= 15 is 0 Å². The van der Waals surface area contributed by atoms with Crippen molar-refractivity contribution in [3.8, 4) is 0 Å². The molecule has 0 bridgehead atoms. The van der Waals surface area contributed by atoms with Gasteiger partial charge in [0, 0.05) is 37.7 Å². The molecule has 0 atom stereocenters. The predicted octanol–water partition coefficient (Wildman–Crippen LogP) is 5.96. The topological polar surface area (TPSA) is 6.48 Å². The number of halogens is 4. The Bertz CT molecular complexity index is 732. The summed E-state index contributed by atoms with van der Waals surface area (Å²) in [6.45, 7) is 12.3. The third-order valence-electron chi connectivity index (χ3n) is 6.12. The third-order valence-corrected chi connectivity index (χ3v) is 6.36. The molecule has 0 spiro atoms. The molecule has 28 heavy (non-hydrogen) atoms. The van der Waals surface area contributed by atoms with Crippen molar-refractivity contribution in [1.82, 2.24) is 9.80 Å². The van der Waals surface area contributed by atoms with E-state index in [4.69, 9.17) is 11.6 Å². The highest BCUT2D eigenvalue weighted by Gasteiger charge is 2.37. The summed E-state index contributed by atoms with van der Waals surface area (Å²) in [7, 11) is 0. The van der Waals surface area contributed by atoms with Gasteiger partial charge in [0.15, 0.2) is 0 Å². The molecule has 1 heterocycles. The first-order valence-corrected chi connectivity index (χ1v) is 10.5. The quantitative estimate of drug-likeness (QED) is 0.599. The van der Waals surface area contributed by atoms with Crippen LogP contribution in [0.3, 0.4) is 0 Å². The lowest BCUT2D eigenvalue weighted by atomic mass is 9.72. The van der Waals surface area contributed by atoms with Crippen molar-refractivity contribution in [2.24, 2.45) is 5.41 Å². The fourth-order valence-corrected chi connectivity index (χ4v) is 4.51. The lowest BCUT2D eigenvalue weighted by Gasteiger charge is -2.38. The minimum atomic E-state index is -4.41. The second kappa shape index (κ2) is 8.37. The van der Waals surface area contributed by atoms with Gasteiger partial charge >= 0.3 is 6.18 Å². The van der Waals surface area contributed by atoms with Gasteiger partial charge in [-0.3, -0.25) is 4.90 Å². The molecular formula is C22H30ClF3N2. The molecule has 0 unspecified atom stereocenters. The van der Waals surface area contributed by atoms with E-state index in [1.54, 1.807) is 12.1 Å². The monoisotopic (exact) mass is 414 g/mol. The van der Waals surface area contributed by atoms with Crippen LogP contribution in [0.15, 0.2) is 23.8 Å². The molecule has 1 aromatic rings. The molecule has 2 nitrogen and oxygen atoms in total. The molecule has 0 radical (unpaired) electrons. The Morgan fingerprint density at radius 2 is 1.71 bits per heavy atom. The molecular weight excluding hydrogens is 385 g/mol. The first-order chi connectivity index (χ1) is 13.1. The molecule has 0 amide bonds. The van der Waals surface area contributed by atoms with E-state index in [-0.39, 0.29) is 10.4 Å². The first kappa shape index (κ1) is 21.7. The zero-order chi connectivity index (χ0) is 20.5.